The zero-order chi connectivity index (χ0) is 37.5. The van der Waals surface area contributed by atoms with E-state index in [2.05, 4.69) is 211 Å². The zero-order valence-electron chi connectivity index (χ0n) is 31.0. The van der Waals surface area contributed by atoms with Gasteiger partial charge in [-0.2, -0.15) is 0 Å². The van der Waals surface area contributed by atoms with E-state index in [-0.39, 0.29) is 0 Å². The molecular formula is C55H34N2. The van der Waals surface area contributed by atoms with E-state index in [1.165, 1.54) is 81.5 Å². The number of imidazole rings is 1. The molecule has 0 spiro atoms. The van der Waals surface area contributed by atoms with Gasteiger partial charge in [0.25, 0.3) is 0 Å². The maximum atomic E-state index is 5.49. The lowest BCUT2D eigenvalue weighted by Crippen LogP contribution is -1.98. The fraction of sp³-hybridized carbons (Fsp3) is 0. The average Bonchev–Trinajstić information content (AvgIpc) is 3.70. The second kappa shape index (κ2) is 12.5. The number of hydrogen-bond donors (Lipinski definition) is 0. The molecule has 0 amide bonds. The molecule has 12 aromatic rings. The minimum atomic E-state index is 0.928. The summed E-state index contributed by atoms with van der Waals surface area (Å²) in [7, 11) is 0. The molecular weight excluding hydrogens is 689 g/mol. The van der Waals surface area contributed by atoms with Crippen molar-refractivity contribution in [3.05, 3.63) is 206 Å². The quantitative estimate of drug-likeness (QED) is 0.131. The number of aromatic nitrogens is 2. The van der Waals surface area contributed by atoms with Crippen LogP contribution >= 0.6 is 0 Å². The van der Waals surface area contributed by atoms with Crippen molar-refractivity contribution in [3.63, 3.8) is 0 Å². The van der Waals surface area contributed by atoms with Crippen molar-refractivity contribution in [2.45, 2.75) is 0 Å². The highest BCUT2D eigenvalue weighted by Crippen LogP contribution is 2.47. The van der Waals surface area contributed by atoms with Gasteiger partial charge in [0, 0.05) is 22.0 Å². The molecule has 1 heterocycles. The first-order valence-electron chi connectivity index (χ1n) is 19.6. The fourth-order valence-corrected chi connectivity index (χ4v) is 9.50. The second-order valence-electron chi connectivity index (χ2n) is 15.0. The van der Waals surface area contributed by atoms with Crippen LogP contribution in [0.4, 0.5) is 0 Å². The molecule has 0 aliphatic heterocycles. The third-order valence-corrected chi connectivity index (χ3v) is 11.9. The van der Waals surface area contributed by atoms with Gasteiger partial charge in [0.2, 0.25) is 0 Å². The standard InChI is InChI=1S/C55H34N2/c1-2-17-38(18-3-1)57-54-49-29-15-9-22-42(49)41-21-8-14-28-48(41)53(54)56-55(57)36-32-30-35(31-33-36)51-44-24-10-12-26-46(44)52(47-27-13-11-25-45(47)51)50-34-37-16-4-5-19-39(37)40-20-6-7-23-43(40)50/h1-34H. The van der Waals surface area contributed by atoms with E-state index in [0.717, 1.165) is 33.5 Å². The number of fused-ring (bicyclic) bond motifs is 11. The minimum Gasteiger partial charge on any atom is -0.292 e. The highest BCUT2D eigenvalue weighted by Gasteiger charge is 2.22. The summed E-state index contributed by atoms with van der Waals surface area (Å²) in [4.78, 5) is 5.49. The fourth-order valence-electron chi connectivity index (χ4n) is 9.50. The minimum absolute atomic E-state index is 0.928. The molecule has 2 nitrogen and oxygen atoms in total. The van der Waals surface area contributed by atoms with Gasteiger partial charge in [0.1, 0.15) is 5.82 Å². The van der Waals surface area contributed by atoms with Crippen molar-refractivity contribution in [3.8, 4) is 39.3 Å². The van der Waals surface area contributed by atoms with Gasteiger partial charge < -0.3 is 0 Å². The smallest absolute Gasteiger partial charge is 0.145 e. The van der Waals surface area contributed by atoms with Crippen LogP contribution in [-0.4, -0.2) is 9.55 Å². The molecule has 0 saturated carbocycles. The maximum absolute atomic E-state index is 5.49. The first-order valence-corrected chi connectivity index (χ1v) is 19.6. The molecule has 0 unspecified atom stereocenters. The van der Waals surface area contributed by atoms with E-state index >= 15 is 0 Å². The Kier molecular flexibility index (Phi) is 6.96. The van der Waals surface area contributed by atoms with E-state index in [4.69, 9.17) is 4.98 Å². The molecule has 0 fully saturated rings. The van der Waals surface area contributed by atoms with Crippen molar-refractivity contribution >= 4 is 75.7 Å². The highest BCUT2D eigenvalue weighted by atomic mass is 15.1. The van der Waals surface area contributed by atoms with E-state index in [1.807, 2.05) is 0 Å². The predicted octanol–water partition coefficient (Wildman–Crippen LogP) is 14.9. The summed E-state index contributed by atoms with van der Waals surface area (Å²) in [6.07, 6.45) is 0. The lowest BCUT2D eigenvalue weighted by Gasteiger charge is -2.19. The summed E-state index contributed by atoms with van der Waals surface area (Å²) in [5.74, 6) is 0.928. The summed E-state index contributed by atoms with van der Waals surface area (Å²) in [6, 6.07) is 75.1. The van der Waals surface area contributed by atoms with Gasteiger partial charge in [-0.1, -0.05) is 188 Å². The van der Waals surface area contributed by atoms with Gasteiger partial charge in [-0.25, -0.2) is 4.98 Å². The summed E-state index contributed by atoms with van der Waals surface area (Å²) in [5, 5.41) is 14.9. The lowest BCUT2D eigenvalue weighted by molar-refractivity contribution is 1.11. The predicted molar refractivity (Wildman–Crippen MR) is 242 cm³/mol. The SMILES string of the molecule is c1ccc(-n2c(-c3ccc(-c4c5ccccc5c(-c5cc6ccccc6c6ccccc56)c5ccccc45)cc3)nc3c4ccccc4c4ccccc4c32)cc1. The summed E-state index contributed by atoms with van der Waals surface area (Å²) in [6.45, 7) is 0. The van der Waals surface area contributed by atoms with Crippen molar-refractivity contribution in [2.75, 3.05) is 0 Å². The zero-order valence-corrected chi connectivity index (χ0v) is 31.0. The number of nitrogens with zero attached hydrogens (tertiary/aromatic N) is 2. The van der Waals surface area contributed by atoms with Gasteiger partial charge in [0.05, 0.1) is 11.0 Å². The Hall–Kier alpha value is -7.55. The van der Waals surface area contributed by atoms with Crippen molar-refractivity contribution in [1.29, 1.82) is 0 Å². The number of hydrogen-bond acceptors (Lipinski definition) is 1. The number of para-hydroxylation sites is 1. The molecule has 2 heteroatoms. The van der Waals surface area contributed by atoms with Crippen LogP contribution in [0.3, 0.4) is 0 Å². The molecule has 1 aromatic heterocycles. The van der Waals surface area contributed by atoms with Crippen molar-refractivity contribution in [2.24, 2.45) is 0 Å². The van der Waals surface area contributed by atoms with E-state index in [0.29, 0.717) is 0 Å². The Morgan fingerprint density at radius 1 is 0.316 bits per heavy atom. The van der Waals surface area contributed by atoms with Gasteiger partial charge in [-0.15, -0.1) is 0 Å². The van der Waals surface area contributed by atoms with Gasteiger partial charge in [-0.3, -0.25) is 4.57 Å². The van der Waals surface area contributed by atoms with Crippen LogP contribution in [0, 0.1) is 0 Å². The molecule has 0 aliphatic carbocycles. The largest absolute Gasteiger partial charge is 0.292 e. The normalized spacial score (nSPS) is 11.9. The molecule has 0 N–H and O–H groups in total. The van der Waals surface area contributed by atoms with Gasteiger partial charge in [0.15, 0.2) is 0 Å². The van der Waals surface area contributed by atoms with E-state index in [1.54, 1.807) is 0 Å². The third-order valence-electron chi connectivity index (χ3n) is 11.9. The van der Waals surface area contributed by atoms with Crippen LogP contribution in [0.5, 0.6) is 0 Å². The van der Waals surface area contributed by atoms with Gasteiger partial charge >= 0.3 is 0 Å². The molecule has 0 saturated heterocycles. The molecule has 0 atom stereocenters. The molecule has 0 bridgehead atoms. The highest BCUT2D eigenvalue weighted by molar-refractivity contribution is 6.26. The van der Waals surface area contributed by atoms with Gasteiger partial charge in [-0.05, 0) is 94.3 Å². The Labute approximate surface area is 329 Å². The molecule has 12 rings (SSSR count). The Morgan fingerprint density at radius 3 is 1.39 bits per heavy atom. The lowest BCUT2D eigenvalue weighted by atomic mass is 9.84. The third kappa shape index (κ3) is 4.74. The Morgan fingerprint density at radius 2 is 0.754 bits per heavy atom. The van der Waals surface area contributed by atoms with E-state index < -0.39 is 0 Å². The monoisotopic (exact) mass is 722 g/mol. The summed E-state index contributed by atoms with van der Waals surface area (Å²) in [5.41, 5.74) is 9.27. The maximum Gasteiger partial charge on any atom is 0.145 e. The van der Waals surface area contributed by atoms with Crippen LogP contribution in [-0.2, 0) is 0 Å². The van der Waals surface area contributed by atoms with Crippen molar-refractivity contribution < 1.29 is 0 Å². The second-order valence-corrected chi connectivity index (χ2v) is 15.0. The Balaban J connectivity index is 1.10. The number of rotatable bonds is 4. The average molecular weight is 723 g/mol. The van der Waals surface area contributed by atoms with Crippen molar-refractivity contribution in [1.82, 2.24) is 9.55 Å². The molecule has 0 aliphatic rings. The molecule has 264 valence electrons. The van der Waals surface area contributed by atoms with Crippen LogP contribution in [0.2, 0.25) is 0 Å². The number of benzene rings is 11. The van der Waals surface area contributed by atoms with Crippen LogP contribution in [0.25, 0.3) is 115 Å². The molecule has 11 aromatic carbocycles. The first-order chi connectivity index (χ1) is 28.3. The summed E-state index contributed by atoms with van der Waals surface area (Å²) >= 11 is 0. The van der Waals surface area contributed by atoms with Crippen LogP contribution in [0.15, 0.2) is 206 Å². The summed E-state index contributed by atoms with van der Waals surface area (Å²) < 4.78 is 2.35. The molecule has 0 radical (unpaired) electrons. The Bertz CT molecular complexity index is 3500. The first kappa shape index (κ1) is 31.8. The van der Waals surface area contributed by atoms with Crippen LogP contribution < -0.4 is 0 Å². The van der Waals surface area contributed by atoms with E-state index in [9.17, 15) is 0 Å². The topological polar surface area (TPSA) is 17.8 Å². The van der Waals surface area contributed by atoms with Crippen LogP contribution in [0.1, 0.15) is 0 Å². The molecule has 57 heavy (non-hydrogen) atoms.